The van der Waals surface area contributed by atoms with Gasteiger partial charge in [-0.1, -0.05) is 60.5 Å². The van der Waals surface area contributed by atoms with Crippen molar-refractivity contribution in [1.29, 1.82) is 0 Å². The molecule has 98 valence electrons. The molecule has 2 atom stereocenters. The van der Waals surface area contributed by atoms with Crippen LogP contribution in [0.3, 0.4) is 0 Å². The van der Waals surface area contributed by atoms with Crippen molar-refractivity contribution < 1.29 is 0 Å². The maximum absolute atomic E-state index is 6.38. The fraction of sp³-hybridized carbons (Fsp3) is 0.294. The molecule has 0 radical (unpaired) electrons. The Hall–Kier alpha value is -0.980. The molecule has 0 aromatic heterocycles. The summed E-state index contributed by atoms with van der Waals surface area (Å²) in [7, 11) is 0. The molecule has 0 amide bonds. The maximum atomic E-state index is 6.38. The fourth-order valence-electron chi connectivity index (χ4n) is 3.11. The maximum Gasteiger partial charge on any atom is 0.0455 e. The van der Waals surface area contributed by atoms with Crippen LogP contribution in [0.1, 0.15) is 36.0 Å². The smallest absolute Gasteiger partial charge is 0.0455 e. The van der Waals surface area contributed by atoms with Gasteiger partial charge in [-0.05, 0) is 47.6 Å². The van der Waals surface area contributed by atoms with E-state index in [0.717, 1.165) is 22.9 Å². The van der Waals surface area contributed by atoms with Gasteiger partial charge in [0.1, 0.15) is 0 Å². The Labute approximate surface area is 124 Å². The van der Waals surface area contributed by atoms with Crippen molar-refractivity contribution in [2.24, 2.45) is 5.92 Å². The first-order valence-electron chi connectivity index (χ1n) is 6.68. The van der Waals surface area contributed by atoms with Crippen LogP contribution in [0.15, 0.2) is 42.5 Å². The topological polar surface area (TPSA) is 0 Å². The van der Waals surface area contributed by atoms with Crippen LogP contribution in [0.25, 0.3) is 0 Å². The lowest BCUT2D eigenvalue weighted by molar-refractivity contribution is 0.464. The first kappa shape index (κ1) is 13.0. The molecule has 2 aromatic rings. The Morgan fingerprint density at radius 2 is 1.79 bits per heavy atom. The number of halogens is 2. The Balaban J connectivity index is 2.14. The highest BCUT2D eigenvalue weighted by Crippen LogP contribution is 2.42. The number of hydrogen-bond donors (Lipinski definition) is 0. The van der Waals surface area contributed by atoms with Crippen molar-refractivity contribution in [3.05, 3.63) is 69.2 Å². The standard InChI is InChI=1S/C17H16Cl2/c1-11-7-14(12-5-3-2-4-6-12)15-9-13(18)10-17(19)16(15)8-11/h2-6,9-11,14H,7-8H2,1H3/t11?,14-/m0/s1. The molecule has 0 saturated heterocycles. The number of hydrogen-bond acceptors (Lipinski definition) is 0. The van der Waals surface area contributed by atoms with E-state index in [0.29, 0.717) is 11.8 Å². The van der Waals surface area contributed by atoms with Crippen LogP contribution >= 0.6 is 23.2 Å². The molecule has 0 heterocycles. The van der Waals surface area contributed by atoms with Gasteiger partial charge in [0.2, 0.25) is 0 Å². The lowest BCUT2D eigenvalue weighted by atomic mass is 9.74. The molecule has 0 spiro atoms. The van der Waals surface area contributed by atoms with Crippen LogP contribution in [0, 0.1) is 5.92 Å². The summed E-state index contributed by atoms with van der Waals surface area (Å²) in [6.45, 7) is 2.30. The van der Waals surface area contributed by atoms with E-state index in [4.69, 9.17) is 23.2 Å². The van der Waals surface area contributed by atoms with E-state index in [9.17, 15) is 0 Å². The van der Waals surface area contributed by atoms with Crippen LogP contribution in [0.2, 0.25) is 10.0 Å². The summed E-state index contributed by atoms with van der Waals surface area (Å²) in [5, 5.41) is 1.55. The zero-order valence-corrected chi connectivity index (χ0v) is 12.4. The molecule has 0 bridgehead atoms. The normalized spacial score (nSPS) is 22.1. The minimum absolute atomic E-state index is 0.413. The minimum Gasteiger partial charge on any atom is -0.0843 e. The number of benzene rings is 2. The van der Waals surface area contributed by atoms with Gasteiger partial charge >= 0.3 is 0 Å². The highest BCUT2D eigenvalue weighted by Gasteiger charge is 2.27. The summed E-state index contributed by atoms with van der Waals surface area (Å²) in [6.07, 6.45) is 2.21. The molecule has 0 saturated carbocycles. The summed E-state index contributed by atoms with van der Waals surface area (Å²) >= 11 is 12.6. The molecule has 19 heavy (non-hydrogen) atoms. The lowest BCUT2D eigenvalue weighted by Crippen LogP contribution is -2.18. The van der Waals surface area contributed by atoms with Crippen LogP contribution < -0.4 is 0 Å². The molecular formula is C17H16Cl2. The van der Waals surface area contributed by atoms with E-state index in [-0.39, 0.29) is 0 Å². The van der Waals surface area contributed by atoms with E-state index >= 15 is 0 Å². The summed E-state index contributed by atoms with van der Waals surface area (Å²) in [6, 6.07) is 14.6. The van der Waals surface area contributed by atoms with E-state index in [1.165, 1.54) is 16.7 Å². The van der Waals surface area contributed by atoms with Crippen molar-refractivity contribution in [2.45, 2.75) is 25.7 Å². The van der Waals surface area contributed by atoms with Gasteiger partial charge in [0.25, 0.3) is 0 Å². The van der Waals surface area contributed by atoms with Crippen molar-refractivity contribution >= 4 is 23.2 Å². The minimum atomic E-state index is 0.413. The second-order valence-electron chi connectivity index (χ2n) is 5.46. The number of fused-ring (bicyclic) bond motifs is 1. The van der Waals surface area contributed by atoms with E-state index < -0.39 is 0 Å². The third-order valence-corrected chi connectivity index (χ3v) is 4.52. The molecule has 1 aliphatic rings. The van der Waals surface area contributed by atoms with Gasteiger partial charge in [-0.25, -0.2) is 0 Å². The zero-order valence-electron chi connectivity index (χ0n) is 10.9. The SMILES string of the molecule is CC1Cc2c(Cl)cc(Cl)cc2[C@H](c2ccccc2)C1. The predicted octanol–water partition coefficient (Wildman–Crippen LogP) is 5.71. The Bertz CT molecular complexity index is 590. The molecule has 0 aliphatic heterocycles. The third-order valence-electron chi connectivity index (χ3n) is 3.96. The molecule has 0 fully saturated rings. The zero-order chi connectivity index (χ0) is 13.4. The van der Waals surface area contributed by atoms with E-state index in [1.54, 1.807) is 0 Å². The van der Waals surface area contributed by atoms with Crippen LogP contribution in [0.4, 0.5) is 0 Å². The first-order chi connectivity index (χ1) is 9.15. The van der Waals surface area contributed by atoms with Gasteiger partial charge in [-0.3, -0.25) is 0 Å². The van der Waals surface area contributed by atoms with E-state index in [2.05, 4.69) is 43.3 Å². The van der Waals surface area contributed by atoms with Crippen LogP contribution in [-0.4, -0.2) is 0 Å². The monoisotopic (exact) mass is 290 g/mol. The summed E-state index contributed by atoms with van der Waals surface area (Å²) in [5.74, 6) is 1.06. The lowest BCUT2D eigenvalue weighted by Gasteiger charge is -2.31. The van der Waals surface area contributed by atoms with E-state index in [1.807, 2.05) is 6.07 Å². The van der Waals surface area contributed by atoms with Gasteiger partial charge in [-0.2, -0.15) is 0 Å². The highest BCUT2D eigenvalue weighted by atomic mass is 35.5. The van der Waals surface area contributed by atoms with Crippen molar-refractivity contribution in [2.75, 3.05) is 0 Å². The fourth-order valence-corrected chi connectivity index (χ4v) is 3.70. The second-order valence-corrected chi connectivity index (χ2v) is 6.31. The van der Waals surface area contributed by atoms with Gasteiger partial charge < -0.3 is 0 Å². The van der Waals surface area contributed by atoms with Gasteiger partial charge in [0.15, 0.2) is 0 Å². The van der Waals surface area contributed by atoms with Crippen molar-refractivity contribution in [3.63, 3.8) is 0 Å². The molecule has 2 aromatic carbocycles. The molecule has 0 N–H and O–H groups in total. The van der Waals surface area contributed by atoms with Crippen molar-refractivity contribution in [1.82, 2.24) is 0 Å². The molecule has 0 nitrogen and oxygen atoms in total. The third kappa shape index (κ3) is 2.52. The average molecular weight is 291 g/mol. The van der Waals surface area contributed by atoms with Gasteiger partial charge in [0.05, 0.1) is 0 Å². The van der Waals surface area contributed by atoms with Crippen molar-refractivity contribution in [3.8, 4) is 0 Å². The predicted molar refractivity (Wildman–Crippen MR) is 82.2 cm³/mol. The summed E-state index contributed by atoms with van der Waals surface area (Å²) < 4.78 is 0. The summed E-state index contributed by atoms with van der Waals surface area (Å²) in [4.78, 5) is 0. The molecular weight excluding hydrogens is 275 g/mol. The van der Waals surface area contributed by atoms with Crippen LogP contribution in [-0.2, 0) is 6.42 Å². The first-order valence-corrected chi connectivity index (χ1v) is 7.43. The molecule has 3 rings (SSSR count). The molecule has 1 aliphatic carbocycles. The van der Waals surface area contributed by atoms with Gasteiger partial charge in [0, 0.05) is 16.0 Å². The Morgan fingerprint density at radius 1 is 1.05 bits per heavy atom. The Morgan fingerprint density at radius 3 is 2.53 bits per heavy atom. The largest absolute Gasteiger partial charge is 0.0843 e. The average Bonchev–Trinajstić information content (AvgIpc) is 2.40. The summed E-state index contributed by atoms with van der Waals surface area (Å²) in [5.41, 5.74) is 3.94. The van der Waals surface area contributed by atoms with Crippen LogP contribution in [0.5, 0.6) is 0 Å². The molecule has 1 unspecified atom stereocenters. The number of rotatable bonds is 1. The Kier molecular flexibility index (Phi) is 3.56. The quantitative estimate of drug-likeness (QED) is 0.631. The van der Waals surface area contributed by atoms with Gasteiger partial charge in [-0.15, -0.1) is 0 Å². The second kappa shape index (κ2) is 5.19. The highest BCUT2D eigenvalue weighted by molar-refractivity contribution is 6.35. The molecule has 2 heteroatoms.